The summed E-state index contributed by atoms with van der Waals surface area (Å²) in [7, 11) is 0. The van der Waals surface area contributed by atoms with E-state index >= 15 is 0 Å². The minimum Gasteiger partial charge on any atom is -0.444 e. The van der Waals surface area contributed by atoms with E-state index in [9.17, 15) is 0 Å². The number of nitrogens with zero attached hydrogens (tertiary/aromatic N) is 3. The van der Waals surface area contributed by atoms with Crippen LogP contribution in [0.15, 0.2) is 25.6 Å². The van der Waals surface area contributed by atoms with Gasteiger partial charge in [0.2, 0.25) is 5.89 Å². The van der Waals surface area contributed by atoms with Crippen LogP contribution in [-0.2, 0) is 11.3 Å². The lowest BCUT2D eigenvalue weighted by atomic mass is 10.2. The number of hydrogen-bond acceptors (Lipinski definition) is 6. The second kappa shape index (κ2) is 5.44. The first-order chi connectivity index (χ1) is 9.22. The fraction of sp³-hybridized carbons (Fsp3) is 0.500. The number of morpholine rings is 1. The van der Waals surface area contributed by atoms with E-state index in [1.807, 2.05) is 0 Å². The summed E-state index contributed by atoms with van der Waals surface area (Å²) >= 11 is 3.25. The van der Waals surface area contributed by atoms with Crippen molar-refractivity contribution in [3.05, 3.63) is 22.7 Å². The molecule has 6 nitrogen and oxygen atoms in total. The van der Waals surface area contributed by atoms with Gasteiger partial charge in [-0.05, 0) is 35.0 Å². The van der Waals surface area contributed by atoms with Crippen LogP contribution in [0.2, 0.25) is 0 Å². The zero-order chi connectivity index (χ0) is 13.2. The summed E-state index contributed by atoms with van der Waals surface area (Å²) in [5.74, 6) is 1.57. The summed E-state index contributed by atoms with van der Waals surface area (Å²) in [5.41, 5.74) is 0. The largest absolute Gasteiger partial charge is 0.444 e. The molecule has 0 saturated carbocycles. The van der Waals surface area contributed by atoms with E-state index in [2.05, 4.69) is 38.0 Å². The summed E-state index contributed by atoms with van der Waals surface area (Å²) in [4.78, 5) is 2.26. The highest BCUT2D eigenvalue weighted by atomic mass is 79.9. The van der Waals surface area contributed by atoms with Crippen LogP contribution in [0.3, 0.4) is 0 Å². The van der Waals surface area contributed by atoms with Crippen LogP contribution < -0.4 is 0 Å². The molecule has 0 spiro atoms. The van der Waals surface area contributed by atoms with Gasteiger partial charge >= 0.3 is 0 Å². The molecule has 3 rings (SSSR count). The van der Waals surface area contributed by atoms with Crippen molar-refractivity contribution in [3.8, 4) is 11.7 Å². The van der Waals surface area contributed by atoms with Gasteiger partial charge in [-0.3, -0.25) is 4.90 Å². The van der Waals surface area contributed by atoms with E-state index in [-0.39, 0.29) is 0 Å². The van der Waals surface area contributed by atoms with Crippen molar-refractivity contribution < 1.29 is 13.6 Å². The Hall–Kier alpha value is -1.18. The average Bonchev–Trinajstić information content (AvgIpc) is 3.01. The lowest BCUT2D eigenvalue weighted by Crippen LogP contribution is -2.42. The number of ether oxygens (including phenoxy) is 1. The van der Waals surface area contributed by atoms with Crippen LogP contribution in [-0.4, -0.2) is 40.9 Å². The van der Waals surface area contributed by atoms with Crippen LogP contribution in [0.1, 0.15) is 12.8 Å². The summed E-state index contributed by atoms with van der Waals surface area (Å²) in [6, 6.07) is 3.95. The Balaban J connectivity index is 1.71. The molecule has 2 aromatic heterocycles. The van der Waals surface area contributed by atoms with Gasteiger partial charge in [0, 0.05) is 12.6 Å². The van der Waals surface area contributed by atoms with Crippen molar-refractivity contribution in [2.24, 2.45) is 0 Å². The van der Waals surface area contributed by atoms with Gasteiger partial charge in [-0.1, -0.05) is 0 Å². The van der Waals surface area contributed by atoms with Crippen molar-refractivity contribution in [2.45, 2.75) is 19.5 Å². The third-order valence-corrected chi connectivity index (χ3v) is 3.52. The summed E-state index contributed by atoms with van der Waals surface area (Å²) in [5, 5.41) is 8.06. The highest BCUT2D eigenvalue weighted by Crippen LogP contribution is 2.24. The van der Waals surface area contributed by atoms with Crippen molar-refractivity contribution in [3.63, 3.8) is 0 Å². The molecular weight excluding hydrogens is 314 g/mol. The minimum absolute atomic E-state index is 0.363. The van der Waals surface area contributed by atoms with Gasteiger partial charge in [-0.2, -0.15) is 0 Å². The maximum absolute atomic E-state index is 5.61. The number of aromatic nitrogens is 2. The van der Waals surface area contributed by atoms with Crippen LogP contribution in [0.4, 0.5) is 0 Å². The van der Waals surface area contributed by atoms with E-state index in [4.69, 9.17) is 13.6 Å². The molecule has 0 N–H and O–H groups in total. The monoisotopic (exact) mass is 327 g/mol. The van der Waals surface area contributed by atoms with E-state index < -0.39 is 0 Å². The molecular formula is C12H14BrN3O3. The zero-order valence-electron chi connectivity index (χ0n) is 10.5. The van der Waals surface area contributed by atoms with Crippen molar-refractivity contribution in [1.29, 1.82) is 0 Å². The van der Waals surface area contributed by atoms with Gasteiger partial charge in [0.05, 0.1) is 19.8 Å². The van der Waals surface area contributed by atoms with E-state index in [0.717, 1.165) is 19.8 Å². The van der Waals surface area contributed by atoms with Gasteiger partial charge in [-0.15, -0.1) is 10.2 Å². The fourth-order valence-corrected chi connectivity index (χ4v) is 2.32. The molecule has 0 amide bonds. The maximum Gasteiger partial charge on any atom is 0.283 e. The highest BCUT2D eigenvalue weighted by Gasteiger charge is 2.21. The van der Waals surface area contributed by atoms with Crippen LogP contribution in [0.5, 0.6) is 0 Å². The smallest absolute Gasteiger partial charge is 0.283 e. The molecule has 7 heteroatoms. The Morgan fingerprint density at radius 2 is 2.26 bits per heavy atom. The van der Waals surface area contributed by atoms with E-state index in [1.165, 1.54) is 0 Å². The standard InChI is InChI=1S/C12H14BrN3O3/c1-8-7-17-5-4-16(8)6-11-14-15-12(19-11)9-2-3-10(13)18-9/h2-3,8H,4-7H2,1H3/t8-/m1/s1. The third kappa shape index (κ3) is 2.88. The third-order valence-electron chi connectivity index (χ3n) is 3.09. The van der Waals surface area contributed by atoms with Crippen LogP contribution in [0, 0.1) is 0 Å². The average molecular weight is 328 g/mol. The van der Waals surface area contributed by atoms with Crippen LogP contribution >= 0.6 is 15.9 Å². The van der Waals surface area contributed by atoms with Gasteiger partial charge in [0.1, 0.15) is 0 Å². The summed E-state index contributed by atoms with van der Waals surface area (Å²) < 4.78 is 17.0. The minimum atomic E-state index is 0.363. The second-order valence-corrected chi connectivity index (χ2v) is 5.28. The predicted molar refractivity (Wildman–Crippen MR) is 70.4 cm³/mol. The topological polar surface area (TPSA) is 64.5 Å². The number of halogens is 1. The molecule has 102 valence electrons. The Morgan fingerprint density at radius 3 is 3.00 bits per heavy atom. The van der Waals surface area contributed by atoms with Gasteiger partial charge in [0.15, 0.2) is 10.4 Å². The Bertz CT molecular complexity index is 554. The molecule has 1 saturated heterocycles. The fourth-order valence-electron chi connectivity index (χ4n) is 2.02. The van der Waals surface area contributed by atoms with Crippen molar-refractivity contribution >= 4 is 15.9 Å². The zero-order valence-corrected chi connectivity index (χ0v) is 12.1. The van der Waals surface area contributed by atoms with Gasteiger partial charge in [0.25, 0.3) is 5.89 Å². The first kappa shape index (κ1) is 12.8. The van der Waals surface area contributed by atoms with Gasteiger partial charge < -0.3 is 13.6 Å². The second-order valence-electron chi connectivity index (χ2n) is 4.50. The molecule has 0 radical (unpaired) electrons. The Labute approximate surface area is 118 Å². The lowest BCUT2D eigenvalue weighted by molar-refractivity contribution is -0.00779. The molecule has 3 heterocycles. The van der Waals surface area contributed by atoms with Crippen molar-refractivity contribution in [2.75, 3.05) is 19.8 Å². The molecule has 2 aromatic rings. The number of rotatable bonds is 3. The van der Waals surface area contributed by atoms with Crippen molar-refractivity contribution in [1.82, 2.24) is 15.1 Å². The van der Waals surface area contributed by atoms with E-state index in [1.54, 1.807) is 12.1 Å². The van der Waals surface area contributed by atoms with E-state index in [0.29, 0.717) is 34.8 Å². The molecule has 1 aliphatic rings. The first-order valence-corrected chi connectivity index (χ1v) is 6.91. The molecule has 0 aromatic carbocycles. The SMILES string of the molecule is C[C@@H]1COCCN1Cc1nnc(-c2ccc(Br)o2)o1. The molecule has 1 atom stereocenters. The molecule has 0 bridgehead atoms. The Kier molecular flexibility index (Phi) is 3.67. The lowest BCUT2D eigenvalue weighted by Gasteiger charge is -2.31. The normalized spacial score (nSPS) is 20.8. The maximum atomic E-state index is 5.61. The molecule has 0 unspecified atom stereocenters. The summed E-state index contributed by atoms with van der Waals surface area (Å²) in [6.07, 6.45) is 0. The van der Waals surface area contributed by atoms with Crippen LogP contribution in [0.25, 0.3) is 11.7 Å². The molecule has 1 aliphatic heterocycles. The highest BCUT2D eigenvalue weighted by molar-refractivity contribution is 9.10. The quantitative estimate of drug-likeness (QED) is 0.861. The number of hydrogen-bond donors (Lipinski definition) is 0. The number of furan rings is 1. The molecule has 1 fully saturated rings. The Morgan fingerprint density at radius 1 is 1.37 bits per heavy atom. The first-order valence-electron chi connectivity index (χ1n) is 6.12. The molecule has 0 aliphatic carbocycles. The molecule has 19 heavy (non-hydrogen) atoms. The predicted octanol–water partition coefficient (Wildman–Crippen LogP) is 2.31. The van der Waals surface area contributed by atoms with Gasteiger partial charge in [-0.25, -0.2) is 0 Å². The summed E-state index contributed by atoms with van der Waals surface area (Å²) in [6.45, 7) is 5.13.